The molecule has 2 heterocycles. The molecule has 2 aromatic rings. The zero-order valence-corrected chi connectivity index (χ0v) is 22.5. The van der Waals surface area contributed by atoms with E-state index in [2.05, 4.69) is 45.1 Å². The predicted molar refractivity (Wildman–Crippen MR) is 147 cm³/mol. The van der Waals surface area contributed by atoms with E-state index in [9.17, 15) is 4.79 Å². The maximum absolute atomic E-state index is 13.0. The zero-order chi connectivity index (χ0) is 26.3. The van der Waals surface area contributed by atoms with E-state index in [1.165, 1.54) is 5.69 Å². The first kappa shape index (κ1) is 26.9. The Morgan fingerprint density at radius 1 is 0.974 bits per heavy atom. The van der Waals surface area contributed by atoms with E-state index >= 15 is 0 Å². The second kappa shape index (κ2) is 12.9. The van der Waals surface area contributed by atoms with Crippen molar-refractivity contribution >= 4 is 11.6 Å². The Bertz CT molecular complexity index is 1030. The van der Waals surface area contributed by atoms with Gasteiger partial charge in [-0.1, -0.05) is 12.1 Å². The van der Waals surface area contributed by atoms with Crippen molar-refractivity contribution in [2.24, 2.45) is 5.92 Å². The van der Waals surface area contributed by atoms with E-state index in [1.54, 1.807) is 7.11 Å². The summed E-state index contributed by atoms with van der Waals surface area (Å²) in [6.07, 6.45) is 3.01. The molecule has 1 saturated carbocycles. The highest BCUT2D eigenvalue weighted by atomic mass is 16.5. The predicted octanol–water partition coefficient (Wildman–Crippen LogP) is 2.38. The van der Waals surface area contributed by atoms with Gasteiger partial charge in [0.15, 0.2) is 0 Å². The fraction of sp³-hybridized carbons (Fsp3) is 0.552. The highest BCUT2D eigenvalue weighted by molar-refractivity contribution is 5.94. The minimum absolute atomic E-state index is 0.0396. The van der Waals surface area contributed by atoms with Crippen LogP contribution in [0.3, 0.4) is 0 Å². The molecule has 5 rings (SSSR count). The molecule has 3 N–H and O–H groups in total. The summed E-state index contributed by atoms with van der Waals surface area (Å²) in [7, 11) is 3.82. The van der Waals surface area contributed by atoms with Crippen LogP contribution in [0.2, 0.25) is 0 Å². The van der Waals surface area contributed by atoms with Crippen LogP contribution in [0.25, 0.3) is 0 Å². The summed E-state index contributed by atoms with van der Waals surface area (Å²) in [5, 5.41) is 3.20. The Kier molecular flexibility index (Phi) is 9.14. The van der Waals surface area contributed by atoms with Crippen molar-refractivity contribution in [2.75, 3.05) is 58.5 Å². The number of fused-ring (bicyclic) bond motifs is 1. The SMILES string of the molecule is COc1ccc(COCCOC2CCC3C(C2)NNC3NC(=O)c2ccc(N3CCN(C)CC3)cc2)cc1. The topological polar surface area (TPSA) is 87.3 Å². The van der Waals surface area contributed by atoms with Gasteiger partial charge in [0.1, 0.15) is 5.75 Å². The molecule has 0 spiro atoms. The van der Waals surface area contributed by atoms with E-state index < -0.39 is 0 Å². The number of piperazine rings is 1. The molecule has 3 aliphatic rings. The van der Waals surface area contributed by atoms with Crippen LogP contribution in [0.15, 0.2) is 48.5 Å². The number of nitrogens with one attached hydrogen (secondary N) is 3. The summed E-state index contributed by atoms with van der Waals surface area (Å²) in [5.41, 5.74) is 9.68. The van der Waals surface area contributed by atoms with E-state index in [-0.39, 0.29) is 24.2 Å². The Morgan fingerprint density at radius 2 is 1.74 bits per heavy atom. The third-order valence-electron chi connectivity index (χ3n) is 8.00. The van der Waals surface area contributed by atoms with Crippen molar-refractivity contribution in [1.29, 1.82) is 0 Å². The average molecular weight is 524 g/mol. The van der Waals surface area contributed by atoms with Gasteiger partial charge in [-0.15, -0.1) is 0 Å². The molecule has 206 valence electrons. The van der Waals surface area contributed by atoms with E-state index in [0.29, 0.717) is 31.3 Å². The van der Waals surface area contributed by atoms with Gasteiger partial charge in [0.25, 0.3) is 5.91 Å². The highest BCUT2D eigenvalue weighted by Gasteiger charge is 2.41. The minimum Gasteiger partial charge on any atom is -0.497 e. The Balaban J connectivity index is 1.01. The Hall–Kier alpha value is -2.69. The average Bonchev–Trinajstić information content (AvgIpc) is 3.35. The molecule has 2 saturated heterocycles. The van der Waals surface area contributed by atoms with Gasteiger partial charge in [0, 0.05) is 49.4 Å². The first-order valence-corrected chi connectivity index (χ1v) is 13.8. The second-order valence-electron chi connectivity index (χ2n) is 10.6. The molecule has 4 atom stereocenters. The molecule has 0 aromatic heterocycles. The highest BCUT2D eigenvalue weighted by Crippen LogP contribution is 2.31. The maximum Gasteiger partial charge on any atom is 0.252 e. The molecule has 4 unspecified atom stereocenters. The lowest BCUT2D eigenvalue weighted by Crippen LogP contribution is -2.47. The number of carbonyl (C=O) groups is 1. The minimum atomic E-state index is -0.0846. The number of ether oxygens (including phenoxy) is 3. The van der Waals surface area contributed by atoms with Crippen molar-refractivity contribution in [2.45, 2.75) is 44.2 Å². The van der Waals surface area contributed by atoms with Gasteiger partial charge in [-0.25, -0.2) is 5.43 Å². The number of hydrogen-bond acceptors (Lipinski definition) is 8. The standard InChI is InChI=1S/C29H41N5O4/c1-33-13-15-34(16-14-33)23-7-5-22(6-8-23)29(35)30-28-26-12-11-25(19-27(26)31-32-28)38-18-17-37-20-21-3-9-24(36-2)10-4-21/h3-10,25-28,31-32H,11-20H2,1-2H3,(H,30,35). The van der Waals surface area contributed by atoms with E-state index in [1.807, 2.05) is 36.4 Å². The lowest BCUT2D eigenvalue weighted by atomic mass is 9.82. The molecule has 0 bridgehead atoms. The molecular weight excluding hydrogens is 482 g/mol. The molecule has 38 heavy (non-hydrogen) atoms. The van der Waals surface area contributed by atoms with Gasteiger partial charge >= 0.3 is 0 Å². The number of likely N-dealkylation sites (N-methyl/N-ethyl adjacent to an activating group) is 1. The number of hydrogen-bond donors (Lipinski definition) is 3. The first-order chi connectivity index (χ1) is 18.6. The molecule has 1 aliphatic carbocycles. The molecule has 2 aliphatic heterocycles. The number of amides is 1. The number of benzene rings is 2. The number of rotatable bonds is 10. The van der Waals surface area contributed by atoms with Crippen LogP contribution in [0.1, 0.15) is 35.2 Å². The molecule has 2 aromatic carbocycles. The molecule has 1 amide bonds. The molecule has 0 radical (unpaired) electrons. The smallest absolute Gasteiger partial charge is 0.252 e. The van der Waals surface area contributed by atoms with E-state index in [4.69, 9.17) is 14.2 Å². The summed E-state index contributed by atoms with van der Waals surface area (Å²) in [6, 6.07) is 16.2. The van der Waals surface area contributed by atoms with Crippen molar-refractivity contribution in [1.82, 2.24) is 21.1 Å². The third kappa shape index (κ3) is 6.84. The van der Waals surface area contributed by atoms with Gasteiger partial charge < -0.3 is 29.3 Å². The van der Waals surface area contributed by atoms with Crippen LogP contribution < -0.4 is 25.8 Å². The third-order valence-corrected chi connectivity index (χ3v) is 8.00. The number of carbonyl (C=O) groups excluding carboxylic acids is 1. The van der Waals surface area contributed by atoms with Crippen LogP contribution >= 0.6 is 0 Å². The normalized spacial score (nSPS) is 25.7. The van der Waals surface area contributed by atoms with Crippen molar-refractivity contribution in [3.05, 3.63) is 59.7 Å². The van der Waals surface area contributed by atoms with Crippen LogP contribution in [0.4, 0.5) is 5.69 Å². The number of methoxy groups -OCH3 is 1. The summed E-state index contributed by atoms with van der Waals surface area (Å²) >= 11 is 0. The fourth-order valence-corrected chi connectivity index (χ4v) is 5.62. The van der Waals surface area contributed by atoms with Crippen molar-refractivity contribution in [3.8, 4) is 5.75 Å². The Labute approximate surface area is 225 Å². The van der Waals surface area contributed by atoms with Crippen LogP contribution in [0, 0.1) is 5.92 Å². The van der Waals surface area contributed by atoms with Gasteiger partial charge in [0.05, 0.1) is 39.2 Å². The van der Waals surface area contributed by atoms with Gasteiger partial charge in [0.2, 0.25) is 0 Å². The second-order valence-corrected chi connectivity index (χ2v) is 10.6. The van der Waals surface area contributed by atoms with Crippen LogP contribution in [0.5, 0.6) is 5.75 Å². The molecular formula is C29H41N5O4. The summed E-state index contributed by atoms with van der Waals surface area (Å²) in [5.74, 6) is 1.15. The maximum atomic E-state index is 13.0. The number of nitrogens with zero attached hydrogens (tertiary/aromatic N) is 2. The monoisotopic (exact) mass is 523 g/mol. The summed E-state index contributed by atoms with van der Waals surface area (Å²) in [4.78, 5) is 17.7. The summed E-state index contributed by atoms with van der Waals surface area (Å²) < 4.78 is 17.1. The van der Waals surface area contributed by atoms with Gasteiger partial charge in [-0.3, -0.25) is 10.2 Å². The molecule has 9 heteroatoms. The quantitative estimate of drug-likeness (QED) is 0.410. The lowest BCUT2D eigenvalue weighted by Gasteiger charge is -2.34. The van der Waals surface area contributed by atoms with Gasteiger partial charge in [-0.2, -0.15) is 0 Å². The first-order valence-electron chi connectivity index (χ1n) is 13.8. The lowest BCUT2D eigenvalue weighted by molar-refractivity contribution is -0.0239. The Morgan fingerprint density at radius 3 is 2.47 bits per heavy atom. The van der Waals surface area contributed by atoms with Crippen LogP contribution in [-0.2, 0) is 16.1 Å². The summed E-state index contributed by atoms with van der Waals surface area (Å²) in [6.45, 7) is 5.87. The molecule has 3 fully saturated rings. The van der Waals surface area contributed by atoms with E-state index in [0.717, 1.165) is 56.8 Å². The van der Waals surface area contributed by atoms with Gasteiger partial charge in [-0.05, 0) is 68.3 Å². The zero-order valence-electron chi connectivity index (χ0n) is 22.5. The van der Waals surface area contributed by atoms with Crippen molar-refractivity contribution < 1.29 is 19.0 Å². The number of anilines is 1. The van der Waals surface area contributed by atoms with Crippen molar-refractivity contribution in [3.63, 3.8) is 0 Å². The largest absolute Gasteiger partial charge is 0.497 e. The number of hydrazine groups is 1. The van der Waals surface area contributed by atoms with Crippen LogP contribution in [-0.4, -0.2) is 82.7 Å². The molecule has 9 nitrogen and oxygen atoms in total. The fourth-order valence-electron chi connectivity index (χ4n) is 5.62.